The van der Waals surface area contributed by atoms with E-state index >= 15 is 0 Å². The van der Waals surface area contributed by atoms with Gasteiger partial charge >= 0.3 is 6.61 Å². The van der Waals surface area contributed by atoms with Crippen LogP contribution < -0.4 is 10.1 Å². The third-order valence-corrected chi connectivity index (χ3v) is 5.51. The van der Waals surface area contributed by atoms with E-state index in [4.69, 9.17) is 14.7 Å². The minimum atomic E-state index is -2.89. The Morgan fingerprint density at radius 3 is 2.71 bits per heavy atom. The van der Waals surface area contributed by atoms with E-state index < -0.39 is 6.61 Å². The smallest absolute Gasteiger partial charge is 0.387 e. The van der Waals surface area contributed by atoms with Gasteiger partial charge in [0.05, 0.1) is 18.7 Å². The lowest BCUT2D eigenvalue weighted by atomic mass is 10.1. The number of rotatable bonds is 7. The Bertz CT molecular complexity index is 1270. The summed E-state index contributed by atoms with van der Waals surface area (Å²) >= 11 is 0. The first kappa shape index (κ1) is 22.1. The highest BCUT2D eigenvalue weighted by atomic mass is 19.3. The monoisotopic (exact) mass is 463 g/mol. The van der Waals surface area contributed by atoms with E-state index in [1.807, 2.05) is 18.2 Å². The molecule has 174 valence electrons. The Kier molecular flexibility index (Phi) is 6.55. The second-order valence-electron chi connectivity index (χ2n) is 7.91. The Balaban J connectivity index is 1.53. The normalized spacial score (nSPS) is 14.4. The summed E-state index contributed by atoms with van der Waals surface area (Å²) in [7, 11) is 0. The lowest BCUT2D eigenvalue weighted by Gasteiger charge is -2.26. The van der Waals surface area contributed by atoms with Gasteiger partial charge in [-0.2, -0.15) is 8.78 Å². The van der Waals surface area contributed by atoms with Crippen molar-refractivity contribution >= 4 is 22.4 Å². The van der Waals surface area contributed by atoms with Crippen LogP contribution in [0.4, 0.5) is 20.3 Å². The molecule has 34 heavy (non-hydrogen) atoms. The first-order valence-electron chi connectivity index (χ1n) is 11.0. The number of anilines is 2. The highest BCUT2D eigenvalue weighted by Crippen LogP contribution is 2.30. The zero-order valence-corrected chi connectivity index (χ0v) is 18.3. The average Bonchev–Trinajstić information content (AvgIpc) is 2.85. The van der Waals surface area contributed by atoms with Crippen LogP contribution in [0.3, 0.4) is 0 Å². The number of morpholine rings is 1. The second-order valence-corrected chi connectivity index (χ2v) is 7.91. The van der Waals surface area contributed by atoms with E-state index in [1.54, 1.807) is 24.5 Å². The first-order valence-corrected chi connectivity index (χ1v) is 11.0. The summed E-state index contributed by atoms with van der Waals surface area (Å²) < 4.78 is 35.4. The van der Waals surface area contributed by atoms with Gasteiger partial charge in [0.15, 0.2) is 5.82 Å². The number of nitrogens with one attached hydrogen (secondary N) is 1. The number of pyridine rings is 1. The summed E-state index contributed by atoms with van der Waals surface area (Å²) in [5, 5.41) is 4.10. The van der Waals surface area contributed by atoms with Gasteiger partial charge in [0, 0.05) is 54.7 Å². The van der Waals surface area contributed by atoms with Crippen molar-refractivity contribution in [3.63, 3.8) is 0 Å². The lowest BCUT2D eigenvalue weighted by Crippen LogP contribution is -2.35. The highest BCUT2D eigenvalue weighted by Gasteiger charge is 2.15. The molecular weight excluding hydrogens is 440 g/mol. The van der Waals surface area contributed by atoms with Crippen molar-refractivity contribution < 1.29 is 18.3 Å². The fourth-order valence-corrected chi connectivity index (χ4v) is 3.90. The van der Waals surface area contributed by atoms with Gasteiger partial charge in [0.25, 0.3) is 0 Å². The molecule has 0 radical (unpaired) electrons. The number of fused-ring (bicyclic) bond motifs is 1. The SMILES string of the molecule is FC(F)Oc1cccc(Nc2nc(-c3cccnc3)nc3ccc(CN4CCOCC4)cc23)c1. The second kappa shape index (κ2) is 10.1. The minimum Gasteiger partial charge on any atom is -0.435 e. The van der Waals surface area contributed by atoms with Crippen LogP contribution in [0.1, 0.15) is 5.56 Å². The molecule has 1 aliphatic heterocycles. The third kappa shape index (κ3) is 5.27. The van der Waals surface area contributed by atoms with Gasteiger partial charge in [-0.1, -0.05) is 12.1 Å². The maximum Gasteiger partial charge on any atom is 0.387 e. The molecule has 2 aromatic carbocycles. The molecule has 2 aromatic heterocycles. The predicted octanol–water partition coefficient (Wildman–Crippen LogP) is 4.87. The molecule has 0 amide bonds. The van der Waals surface area contributed by atoms with E-state index in [-0.39, 0.29) is 5.75 Å². The fourth-order valence-electron chi connectivity index (χ4n) is 3.90. The number of benzene rings is 2. The number of nitrogens with zero attached hydrogens (tertiary/aromatic N) is 4. The highest BCUT2D eigenvalue weighted by molar-refractivity contribution is 5.92. The largest absolute Gasteiger partial charge is 0.435 e. The van der Waals surface area contributed by atoms with Gasteiger partial charge in [-0.15, -0.1) is 0 Å². The van der Waals surface area contributed by atoms with Crippen LogP contribution in [0.15, 0.2) is 67.0 Å². The summed E-state index contributed by atoms with van der Waals surface area (Å²) in [5.74, 6) is 1.16. The molecule has 0 aliphatic carbocycles. The van der Waals surface area contributed by atoms with Gasteiger partial charge in [-0.25, -0.2) is 9.97 Å². The summed E-state index contributed by atoms with van der Waals surface area (Å²) in [6, 6.07) is 16.3. The Labute approximate surface area is 195 Å². The van der Waals surface area contributed by atoms with Gasteiger partial charge in [-0.05, 0) is 42.0 Å². The molecule has 1 saturated heterocycles. The molecule has 1 aliphatic rings. The van der Waals surface area contributed by atoms with Gasteiger partial charge in [0.1, 0.15) is 11.6 Å². The van der Waals surface area contributed by atoms with Crippen molar-refractivity contribution in [2.45, 2.75) is 13.2 Å². The Hall–Kier alpha value is -3.69. The molecule has 0 bridgehead atoms. The fraction of sp³-hybridized carbons (Fsp3) is 0.240. The summed E-state index contributed by atoms with van der Waals surface area (Å²) in [6.45, 7) is 1.13. The van der Waals surface area contributed by atoms with E-state index in [2.05, 4.69) is 32.1 Å². The quantitative estimate of drug-likeness (QED) is 0.419. The molecule has 9 heteroatoms. The first-order chi connectivity index (χ1) is 16.6. The number of alkyl halides is 2. The van der Waals surface area contributed by atoms with Gasteiger partial charge in [0.2, 0.25) is 0 Å². The Morgan fingerprint density at radius 2 is 1.91 bits per heavy atom. The van der Waals surface area contributed by atoms with Crippen LogP contribution in [0, 0.1) is 0 Å². The van der Waals surface area contributed by atoms with Crippen molar-refractivity contribution in [3.8, 4) is 17.1 Å². The number of hydrogen-bond donors (Lipinski definition) is 1. The third-order valence-electron chi connectivity index (χ3n) is 5.51. The van der Waals surface area contributed by atoms with Gasteiger partial charge < -0.3 is 14.8 Å². The van der Waals surface area contributed by atoms with Crippen LogP contribution in [0.5, 0.6) is 5.75 Å². The molecule has 3 heterocycles. The van der Waals surface area contributed by atoms with Crippen molar-refractivity contribution in [3.05, 3.63) is 72.6 Å². The summed E-state index contributed by atoms with van der Waals surface area (Å²) in [5.41, 5.74) is 3.25. The van der Waals surface area contributed by atoms with E-state index in [9.17, 15) is 8.78 Å². The zero-order valence-electron chi connectivity index (χ0n) is 18.3. The molecule has 1 N–H and O–H groups in total. The van der Waals surface area contributed by atoms with Crippen LogP contribution >= 0.6 is 0 Å². The number of ether oxygens (including phenoxy) is 2. The minimum absolute atomic E-state index is 0.0684. The molecular formula is C25H23F2N5O2. The summed E-state index contributed by atoms with van der Waals surface area (Å²) in [6.07, 6.45) is 3.39. The van der Waals surface area contributed by atoms with Crippen LogP contribution in [0.2, 0.25) is 0 Å². The molecule has 0 saturated carbocycles. The topological polar surface area (TPSA) is 72.4 Å². The zero-order chi connectivity index (χ0) is 23.3. The number of hydrogen-bond acceptors (Lipinski definition) is 7. The van der Waals surface area contributed by atoms with Crippen LogP contribution in [-0.2, 0) is 11.3 Å². The van der Waals surface area contributed by atoms with Crippen molar-refractivity contribution in [1.29, 1.82) is 0 Å². The average molecular weight is 463 g/mol. The van der Waals surface area contributed by atoms with Crippen LogP contribution in [-0.4, -0.2) is 52.8 Å². The predicted molar refractivity (Wildman–Crippen MR) is 125 cm³/mol. The maximum absolute atomic E-state index is 12.7. The molecule has 7 nitrogen and oxygen atoms in total. The number of aromatic nitrogens is 3. The van der Waals surface area contributed by atoms with Crippen molar-refractivity contribution in [1.82, 2.24) is 19.9 Å². The van der Waals surface area contributed by atoms with Crippen molar-refractivity contribution in [2.24, 2.45) is 0 Å². The standard InChI is InChI=1S/C25H23F2N5O2/c26-25(27)34-20-5-1-4-19(14-20)29-24-21-13-17(16-32-9-11-33-12-10-32)6-7-22(21)30-23(31-24)18-3-2-8-28-15-18/h1-8,13-15,25H,9-12,16H2,(H,29,30,31). The lowest BCUT2D eigenvalue weighted by molar-refractivity contribution is -0.0498. The van der Waals surface area contributed by atoms with E-state index in [1.165, 1.54) is 12.1 Å². The maximum atomic E-state index is 12.7. The molecule has 4 aromatic rings. The molecule has 5 rings (SSSR count). The molecule has 1 fully saturated rings. The van der Waals surface area contributed by atoms with Gasteiger partial charge in [-0.3, -0.25) is 9.88 Å². The van der Waals surface area contributed by atoms with E-state index in [0.29, 0.717) is 17.3 Å². The molecule has 0 spiro atoms. The summed E-state index contributed by atoms with van der Waals surface area (Å²) in [4.78, 5) is 16.0. The molecule has 0 unspecified atom stereocenters. The van der Waals surface area contributed by atoms with Crippen LogP contribution in [0.25, 0.3) is 22.3 Å². The number of halogens is 2. The Morgan fingerprint density at radius 1 is 1.03 bits per heavy atom. The van der Waals surface area contributed by atoms with Crippen molar-refractivity contribution in [2.75, 3.05) is 31.6 Å². The molecule has 0 atom stereocenters. The van der Waals surface area contributed by atoms with E-state index in [0.717, 1.165) is 54.9 Å².